The summed E-state index contributed by atoms with van der Waals surface area (Å²) in [6.07, 6.45) is 2.46. The molecule has 0 radical (unpaired) electrons. The fourth-order valence-corrected chi connectivity index (χ4v) is 7.48. The molecule has 3 aromatic rings. The molecule has 12 heteroatoms. The van der Waals surface area contributed by atoms with Crippen molar-refractivity contribution in [3.63, 3.8) is 0 Å². The molecule has 1 N–H and O–H groups in total. The van der Waals surface area contributed by atoms with E-state index in [2.05, 4.69) is 4.72 Å². The average Bonchev–Trinajstić information content (AvgIpc) is 3.38. The molecule has 1 amide bonds. The van der Waals surface area contributed by atoms with Crippen molar-refractivity contribution < 1.29 is 26.0 Å². The van der Waals surface area contributed by atoms with Crippen molar-refractivity contribution in [3.8, 4) is 11.1 Å². The van der Waals surface area contributed by atoms with Gasteiger partial charge in [0.1, 0.15) is 11.5 Å². The van der Waals surface area contributed by atoms with Crippen LogP contribution in [-0.4, -0.2) is 41.3 Å². The Hall–Kier alpha value is -2.73. The number of nitrogens with zero attached hydrogens (tertiary/aromatic N) is 1. The fourth-order valence-electron chi connectivity index (χ4n) is 3.93. The Kier molecular flexibility index (Phi) is 7.29. The predicted octanol–water partition coefficient (Wildman–Crippen LogP) is 4.56. The van der Waals surface area contributed by atoms with Gasteiger partial charge in [-0.25, -0.2) is 21.2 Å². The first-order valence-corrected chi connectivity index (χ1v) is 15.5. The second kappa shape index (κ2) is 9.97. The Morgan fingerprint density at radius 2 is 1.83 bits per heavy atom. The SMILES string of the molecule is CC(CS(=O)(=O)NC1=CCN(c2ccc(-c3ccccc3S(C)(=O)=O)cc2F)C1=O)c1ccc(Cl)s1. The molecule has 7 nitrogen and oxygen atoms in total. The monoisotopic (exact) mass is 568 g/mol. The summed E-state index contributed by atoms with van der Waals surface area (Å²) in [6.45, 7) is 1.72. The van der Waals surface area contributed by atoms with Crippen LogP contribution in [0.1, 0.15) is 17.7 Å². The number of halogens is 2. The Balaban J connectivity index is 1.51. The third kappa shape index (κ3) is 5.64. The number of carbonyl (C=O) groups is 1. The van der Waals surface area contributed by atoms with Crippen molar-refractivity contribution in [3.05, 3.63) is 81.4 Å². The lowest BCUT2D eigenvalue weighted by Gasteiger charge is -2.19. The van der Waals surface area contributed by atoms with E-state index in [4.69, 9.17) is 11.6 Å². The number of carbonyl (C=O) groups excluding carboxylic acids is 1. The quantitative estimate of drug-likeness (QED) is 0.429. The number of amides is 1. The van der Waals surface area contributed by atoms with E-state index >= 15 is 4.39 Å². The van der Waals surface area contributed by atoms with Crippen LogP contribution in [0.2, 0.25) is 4.34 Å². The van der Waals surface area contributed by atoms with Gasteiger partial charge in [-0.1, -0.05) is 42.8 Å². The zero-order chi connectivity index (χ0) is 26.3. The second-order valence-electron chi connectivity index (χ2n) is 8.39. The maximum absolute atomic E-state index is 15.1. The number of anilines is 1. The molecule has 36 heavy (non-hydrogen) atoms. The molecular weight excluding hydrogens is 547 g/mol. The number of sulfone groups is 1. The summed E-state index contributed by atoms with van der Waals surface area (Å²) >= 11 is 7.22. The first kappa shape index (κ1) is 26.3. The molecule has 0 spiro atoms. The Bertz CT molecular complexity index is 1580. The molecule has 0 fully saturated rings. The van der Waals surface area contributed by atoms with Crippen LogP contribution in [0.15, 0.2) is 71.3 Å². The summed E-state index contributed by atoms with van der Waals surface area (Å²) in [6, 6.07) is 13.7. The van der Waals surface area contributed by atoms with Crippen molar-refractivity contribution in [2.45, 2.75) is 17.7 Å². The molecule has 1 unspecified atom stereocenters. The van der Waals surface area contributed by atoms with Gasteiger partial charge in [0, 0.05) is 29.2 Å². The first-order valence-electron chi connectivity index (χ1n) is 10.7. The molecule has 190 valence electrons. The lowest BCUT2D eigenvalue weighted by atomic mass is 10.0. The second-order valence-corrected chi connectivity index (χ2v) is 13.9. The smallest absolute Gasteiger partial charge is 0.275 e. The van der Waals surface area contributed by atoms with Crippen molar-refractivity contribution in [2.75, 3.05) is 23.5 Å². The predicted molar refractivity (Wildman–Crippen MR) is 140 cm³/mol. The molecular formula is C24H22ClFN2O5S3. The average molecular weight is 569 g/mol. The molecule has 2 aromatic carbocycles. The van der Waals surface area contributed by atoms with Crippen LogP contribution in [0, 0.1) is 5.82 Å². The van der Waals surface area contributed by atoms with Gasteiger partial charge >= 0.3 is 0 Å². The van der Waals surface area contributed by atoms with Gasteiger partial charge < -0.3 is 4.90 Å². The van der Waals surface area contributed by atoms with Crippen molar-refractivity contribution in [1.82, 2.24) is 4.72 Å². The summed E-state index contributed by atoms with van der Waals surface area (Å²) < 4.78 is 67.5. The topological polar surface area (TPSA) is 101 Å². The molecule has 4 rings (SSSR count). The minimum Gasteiger partial charge on any atom is -0.300 e. The van der Waals surface area contributed by atoms with Crippen LogP contribution >= 0.6 is 22.9 Å². The van der Waals surface area contributed by atoms with Gasteiger partial charge in [0.15, 0.2) is 9.84 Å². The molecule has 1 aliphatic heterocycles. The van der Waals surface area contributed by atoms with Crippen molar-refractivity contribution >= 4 is 54.4 Å². The molecule has 0 saturated carbocycles. The maximum atomic E-state index is 15.1. The van der Waals surface area contributed by atoms with E-state index in [0.29, 0.717) is 15.5 Å². The molecule has 2 heterocycles. The third-order valence-corrected chi connectivity index (χ3v) is 9.69. The molecule has 1 aromatic heterocycles. The van der Waals surface area contributed by atoms with Crippen LogP contribution in [-0.2, 0) is 24.7 Å². The largest absolute Gasteiger partial charge is 0.300 e. The molecule has 1 aliphatic rings. The lowest BCUT2D eigenvalue weighted by molar-refractivity contribution is -0.114. The fraction of sp³-hybridized carbons (Fsp3) is 0.208. The highest BCUT2D eigenvalue weighted by molar-refractivity contribution is 7.91. The zero-order valence-corrected chi connectivity index (χ0v) is 22.4. The molecule has 0 aliphatic carbocycles. The van der Waals surface area contributed by atoms with Gasteiger partial charge in [-0.15, -0.1) is 11.3 Å². The molecule has 0 bridgehead atoms. The summed E-state index contributed by atoms with van der Waals surface area (Å²) in [4.78, 5) is 14.9. The zero-order valence-electron chi connectivity index (χ0n) is 19.2. The number of hydrogen-bond acceptors (Lipinski definition) is 6. The van der Waals surface area contributed by atoms with Gasteiger partial charge in [0.2, 0.25) is 10.0 Å². The van der Waals surface area contributed by atoms with Gasteiger partial charge in [0.05, 0.1) is 20.7 Å². The van der Waals surface area contributed by atoms with Crippen LogP contribution in [0.5, 0.6) is 0 Å². The summed E-state index contributed by atoms with van der Waals surface area (Å²) in [7, 11) is -7.41. The van der Waals surface area contributed by atoms with Gasteiger partial charge in [-0.2, -0.15) is 0 Å². The summed E-state index contributed by atoms with van der Waals surface area (Å²) in [5.41, 5.74) is 0.469. The highest BCUT2D eigenvalue weighted by Gasteiger charge is 2.31. The number of nitrogens with one attached hydrogen (secondary N) is 1. The van der Waals surface area contributed by atoms with Crippen LogP contribution < -0.4 is 9.62 Å². The normalized spacial score (nSPS) is 15.2. The molecule has 0 saturated heterocycles. The van der Waals surface area contributed by atoms with E-state index in [9.17, 15) is 21.6 Å². The van der Waals surface area contributed by atoms with Crippen molar-refractivity contribution in [2.24, 2.45) is 0 Å². The van der Waals surface area contributed by atoms with Crippen molar-refractivity contribution in [1.29, 1.82) is 0 Å². The summed E-state index contributed by atoms with van der Waals surface area (Å²) in [5.74, 6) is -2.02. The number of thiophene rings is 1. The van der Waals surface area contributed by atoms with E-state index in [1.54, 1.807) is 37.3 Å². The number of hydrogen-bond donors (Lipinski definition) is 1. The van der Waals surface area contributed by atoms with Gasteiger partial charge in [-0.3, -0.25) is 9.52 Å². The minimum absolute atomic E-state index is 0.0248. The lowest BCUT2D eigenvalue weighted by Crippen LogP contribution is -2.35. The van der Waals surface area contributed by atoms with Gasteiger partial charge in [0.25, 0.3) is 5.91 Å². The van der Waals surface area contributed by atoms with E-state index in [0.717, 1.165) is 22.1 Å². The van der Waals surface area contributed by atoms with E-state index in [1.165, 1.54) is 35.6 Å². The maximum Gasteiger partial charge on any atom is 0.275 e. The number of sulfonamides is 1. The third-order valence-electron chi connectivity index (χ3n) is 5.60. The van der Waals surface area contributed by atoms with Crippen LogP contribution in [0.25, 0.3) is 11.1 Å². The highest BCUT2D eigenvalue weighted by atomic mass is 35.5. The number of benzene rings is 2. The Morgan fingerprint density at radius 3 is 2.47 bits per heavy atom. The standard InChI is InChI=1S/C24H22ClFN2O5S3/c1-15(21-9-10-23(25)34-21)14-36(32,33)27-19-11-12-28(24(19)29)20-8-7-16(13-18(20)26)17-5-3-4-6-22(17)35(2,30)31/h3-11,13,15,27H,12,14H2,1-2H3. The van der Waals surface area contributed by atoms with Gasteiger partial charge in [-0.05, 0) is 42.0 Å². The van der Waals surface area contributed by atoms with E-state index < -0.39 is 31.6 Å². The Morgan fingerprint density at radius 1 is 1.11 bits per heavy atom. The first-order chi connectivity index (χ1) is 16.9. The van der Waals surface area contributed by atoms with Crippen LogP contribution in [0.3, 0.4) is 0 Å². The number of rotatable bonds is 8. The highest BCUT2D eigenvalue weighted by Crippen LogP contribution is 2.33. The minimum atomic E-state index is -3.87. The van der Waals surface area contributed by atoms with E-state index in [1.807, 2.05) is 0 Å². The summed E-state index contributed by atoms with van der Waals surface area (Å²) in [5, 5.41) is 0. The van der Waals surface area contributed by atoms with Crippen LogP contribution in [0.4, 0.5) is 10.1 Å². The Labute approximate surface area is 218 Å². The van der Waals surface area contributed by atoms with E-state index in [-0.39, 0.29) is 34.5 Å². The molecule has 1 atom stereocenters.